The lowest BCUT2D eigenvalue weighted by Crippen LogP contribution is -2.07. The highest BCUT2D eigenvalue weighted by molar-refractivity contribution is 5.99. The van der Waals surface area contributed by atoms with Gasteiger partial charge in [0.15, 0.2) is 6.29 Å². The van der Waals surface area contributed by atoms with Gasteiger partial charge in [-0.1, -0.05) is 0 Å². The van der Waals surface area contributed by atoms with Gasteiger partial charge in [-0.3, -0.25) is 14.9 Å². The first-order valence-electron chi connectivity index (χ1n) is 4.33. The Morgan fingerprint density at radius 3 is 2.56 bits per heavy atom. The molecule has 1 aromatic carbocycles. The molecule has 0 aliphatic carbocycles. The van der Waals surface area contributed by atoms with E-state index in [4.69, 9.17) is 0 Å². The van der Waals surface area contributed by atoms with Gasteiger partial charge in [-0.2, -0.15) is 0 Å². The van der Waals surface area contributed by atoms with Crippen LogP contribution in [0.3, 0.4) is 0 Å². The molecule has 0 aliphatic rings. The summed E-state index contributed by atoms with van der Waals surface area (Å²) in [5.74, 6) is -0.773. The van der Waals surface area contributed by atoms with Crippen LogP contribution in [0.4, 0.5) is 5.69 Å². The van der Waals surface area contributed by atoms with E-state index in [9.17, 15) is 19.7 Å². The number of rotatable bonds is 3. The van der Waals surface area contributed by atoms with Crippen LogP contribution in [0.15, 0.2) is 12.1 Å². The fourth-order valence-electron chi connectivity index (χ4n) is 1.30. The van der Waals surface area contributed by atoms with E-state index in [1.54, 1.807) is 0 Å². The summed E-state index contributed by atoms with van der Waals surface area (Å²) in [6.07, 6.45) is 0.461. The Balaban J connectivity index is 3.46. The van der Waals surface area contributed by atoms with E-state index in [-0.39, 0.29) is 16.8 Å². The van der Waals surface area contributed by atoms with E-state index >= 15 is 0 Å². The first kappa shape index (κ1) is 11.8. The fourth-order valence-corrected chi connectivity index (χ4v) is 1.30. The predicted molar refractivity (Wildman–Crippen MR) is 54.6 cm³/mol. The number of nitro benzene ring substituents is 1. The molecule has 0 radical (unpaired) electrons. The Labute approximate surface area is 91.0 Å². The minimum Gasteiger partial charge on any atom is -0.465 e. The van der Waals surface area contributed by atoms with Crippen molar-refractivity contribution in [2.75, 3.05) is 7.11 Å². The van der Waals surface area contributed by atoms with E-state index in [1.807, 2.05) is 0 Å². The maximum atomic E-state index is 11.3. The molecule has 0 bridgehead atoms. The Morgan fingerprint density at radius 2 is 2.12 bits per heavy atom. The van der Waals surface area contributed by atoms with Gasteiger partial charge in [0.25, 0.3) is 5.69 Å². The lowest BCUT2D eigenvalue weighted by Gasteiger charge is -2.04. The van der Waals surface area contributed by atoms with Crippen molar-refractivity contribution < 1.29 is 19.2 Å². The van der Waals surface area contributed by atoms with Crippen molar-refractivity contribution in [1.29, 1.82) is 0 Å². The third kappa shape index (κ3) is 2.05. The van der Waals surface area contributed by atoms with Gasteiger partial charge in [0.05, 0.1) is 17.6 Å². The van der Waals surface area contributed by atoms with Gasteiger partial charge in [-0.25, -0.2) is 4.79 Å². The third-order valence-electron chi connectivity index (χ3n) is 2.10. The largest absolute Gasteiger partial charge is 0.465 e. The maximum absolute atomic E-state index is 11.3. The smallest absolute Gasteiger partial charge is 0.338 e. The minimum atomic E-state index is -0.773. The summed E-state index contributed by atoms with van der Waals surface area (Å²) in [6, 6.07) is 2.34. The number of nitro groups is 1. The third-order valence-corrected chi connectivity index (χ3v) is 2.10. The van der Waals surface area contributed by atoms with Crippen molar-refractivity contribution >= 4 is 17.9 Å². The highest BCUT2D eigenvalue weighted by atomic mass is 16.6. The number of aldehydes is 1. The zero-order valence-electron chi connectivity index (χ0n) is 8.72. The van der Waals surface area contributed by atoms with Gasteiger partial charge in [0.2, 0.25) is 0 Å². The van der Waals surface area contributed by atoms with Crippen LogP contribution in [0.2, 0.25) is 0 Å². The molecule has 1 aromatic rings. The number of hydrogen-bond donors (Lipinski definition) is 0. The van der Waals surface area contributed by atoms with E-state index in [2.05, 4.69) is 4.74 Å². The zero-order chi connectivity index (χ0) is 12.3. The van der Waals surface area contributed by atoms with Crippen LogP contribution in [-0.2, 0) is 4.74 Å². The highest BCUT2D eigenvalue weighted by Crippen LogP contribution is 2.22. The summed E-state index contributed by atoms with van der Waals surface area (Å²) in [4.78, 5) is 32.0. The van der Waals surface area contributed by atoms with Crippen molar-refractivity contribution in [3.63, 3.8) is 0 Å². The molecule has 0 atom stereocenters. The molecule has 84 valence electrons. The predicted octanol–water partition coefficient (Wildman–Crippen LogP) is 1.50. The van der Waals surface area contributed by atoms with Crippen LogP contribution in [-0.4, -0.2) is 24.3 Å². The quantitative estimate of drug-likeness (QED) is 0.335. The summed E-state index contributed by atoms with van der Waals surface area (Å²) < 4.78 is 4.43. The van der Waals surface area contributed by atoms with Gasteiger partial charge >= 0.3 is 5.97 Å². The van der Waals surface area contributed by atoms with Crippen molar-refractivity contribution in [3.8, 4) is 0 Å². The summed E-state index contributed by atoms with van der Waals surface area (Å²) >= 11 is 0. The van der Waals surface area contributed by atoms with Gasteiger partial charge in [0.1, 0.15) is 0 Å². The van der Waals surface area contributed by atoms with Crippen LogP contribution in [0.25, 0.3) is 0 Å². The van der Waals surface area contributed by atoms with Crippen molar-refractivity contribution in [3.05, 3.63) is 38.9 Å². The van der Waals surface area contributed by atoms with Gasteiger partial charge in [-0.15, -0.1) is 0 Å². The van der Waals surface area contributed by atoms with Crippen LogP contribution in [0.1, 0.15) is 26.3 Å². The standard InChI is InChI=1S/C10H9NO5/c1-6-3-7(5-12)8(10(13)16-2)4-9(6)11(14)15/h3-5H,1-2H3. The Bertz CT molecular complexity index is 467. The van der Waals surface area contributed by atoms with Gasteiger partial charge in [-0.05, 0) is 13.0 Å². The monoisotopic (exact) mass is 223 g/mol. The molecule has 0 saturated carbocycles. The van der Waals surface area contributed by atoms with Crippen molar-refractivity contribution in [2.24, 2.45) is 0 Å². The molecule has 6 heteroatoms. The number of esters is 1. The SMILES string of the molecule is COC(=O)c1cc([N+](=O)[O-])c(C)cc1C=O. The number of carbonyl (C=O) groups excluding carboxylic acids is 2. The van der Waals surface area contributed by atoms with Crippen LogP contribution >= 0.6 is 0 Å². The fraction of sp³-hybridized carbons (Fsp3) is 0.200. The second-order valence-electron chi connectivity index (χ2n) is 3.09. The molecule has 0 heterocycles. The number of hydrogen-bond acceptors (Lipinski definition) is 5. The molecule has 16 heavy (non-hydrogen) atoms. The van der Waals surface area contributed by atoms with Gasteiger partial charge < -0.3 is 4.74 Å². The van der Waals surface area contributed by atoms with E-state index in [1.165, 1.54) is 13.0 Å². The Morgan fingerprint density at radius 1 is 1.50 bits per heavy atom. The number of aryl methyl sites for hydroxylation is 1. The lowest BCUT2D eigenvalue weighted by molar-refractivity contribution is -0.385. The zero-order valence-corrected chi connectivity index (χ0v) is 8.72. The number of methoxy groups -OCH3 is 1. The van der Waals surface area contributed by atoms with E-state index < -0.39 is 10.9 Å². The number of ether oxygens (including phenoxy) is 1. The molecule has 1 rings (SSSR count). The Hall–Kier alpha value is -2.24. The maximum Gasteiger partial charge on any atom is 0.338 e. The molecule has 0 amide bonds. The Kier molecular flexibility index (Phi) is 3.34. The average molecular weight is 223 g/mol. The summed E-state index contributed by atoms with van der Waals surface area (Å²) in [5.41, 5.74) is 0.0792. The van der Waals surface area contributed by atoms with E-state index in [0.29, 0.717) is 11.8 Å². The van der Waals surface area contributed by atoms with E-state index in [0.717, 1.165) is 13.2 Å². The van der Waals surface area contributed by atoms with Crippen molar-refractivity contribution in [2.45, 2.75) is 6.92 Å². The molecule has 0 aliphatic heterocycles. The first-order valence-corrected chi connectivity index (χ1v) is 4.33. The summed E-state index contributed by atoms with van der Waals surface area (Å²) in [7, 11) is 1.14. The molecule has 0 N–H and O–H groups in total. The molecule has 6 nitrogen and oxygen atoms in total. The lowest BCUT2D eigenvalue weighted by atomic mass is 10.0. The highest BCUT2D eigenvalue weighted by Gasteiger charge is 2.19. The minimum absolute atomic E-state index is 0.0787. The van der Waals surface area contributed by atoms with Crippen molar-refractivity contribution in [1.82, 2.24) is 0 Å². The van der Waals surface area contributed by atoms with Crippen LogP contribution in [0, 0.1) is 17.0 Å². The molecule has 0 spiro atoms. The normalized spacial score (nSPS) is 9.62. The van der Waals surface area contributed by atoms with Crippen LogP contribution in [0.5, 0.6) is 0 Å². The summed E-state index contributed by atoms with van der Waals surface area (Å²) in [6.45, 7) is 1.49. The molecule has 0 saturated heterocycles. The topological polar surface area (TPSA) is 86.5 Å². The molecular formula is C10H9NO5. The molecular weight excluding hydrogens is 214 g/mol. The average Bonchev–Trinajstić information content (AvgIpc) is 2.27. The molecule has 0 fully saturated rings. The second kappa shape index (κ2) is 4.52. The van der Waals surface area contributed by atoms with Gasteiger partial charge in [0, 0.05) is 17.2 Å². The number of benzene rings is 1. The first-order chi connectivity index (χ1) is 7.51. The van der Waals surface area contributed by atoms with Crippen LogP contribution < -0.4 is 0 Å². The number of nitrogens with zero attached hydrogens (tertiary/aromatic N) is 1. The second-order valence-corrected chi connectivity index (χ2v) is 3.09. The summed E-state index contributed by atoms with van der Waals surface area (Å²) in [5, 5.41) is 10.6. The number of carbonyl (C=O) groups is 2. The molecule has 0 aromatic heterocycles. The molecule has 0 unspecified atom stereocenters.